The Morgan fingerprint density at radius 1 is 1.00 bits per heavy atom. The van der Waals surface area contributed by atoms with Crippen LogP contribution >= 0.6 is 11.6 Å². The smallest absolute Gasteiger partial charge is 0.338 e. The molecule has 45 heavy (non-hydrogen) atoms. The molecule has 1 saturated heterocycles. The Morgan fingerprint density at radius 2 is 1.80 bits per heavy atom. The lowest BCUT2D eigenvalue weighted by Crippen LogP contribution is -2.33. The van der Waals surface area contributed by atoms with Crippen molar-refractivity contribution in [3.63, 3.8) is 0 Å². The number of aromatic nitrogens is 1. The largest absolute Gasteiger partial charge is 0.484 e. The lowest BCUT2D eigenvalue weighted by molar-refractivity contribution is -0.115. The first kappa shape index (κ1) is 31.6. The molecule has 5 rings (SSSR count). The van der Waals surface area contributed by atoms with Crippen LogP contribution in [0.1, 0.15) is 28.0 Å². The van der Waals surface area contributed by atoms with Crippen LogP contribution in [0, 0.1) is 17.5 Å². The number of nitrogens with one attached hydrogen (secondary N) is 2. The summed E-state index contributed by atoms with van der Waals surface area (Å²) in [5.74, 6) is -3.16. The Balaban J connectivity index is 1.22. The zero-order valence-corrected chi connectivity index (χ0v) is 24.6. The summed E-state index contributed by atoms with van der Waals surface area (Å²) in [6.45, 7) is 0.888. The number of carbonyl (C=O) groups excluding carboxylic acids is 2. The minimum absolute atomic E-state index is 0.00548. The molecule has 1 unspecified atom stereocenters. The molecular weight excluding hydrogens is 615 g/mol. The van der Waals surface area contributed by atoms with Gasteiger partial charge in [-0.1, -0.05) is 17.7 Å². The fourth-order valence-electron chi connectivity index (χ4n) is 4.35. The van der Waals surface area contributed by atoms with Crippen LogP contribution in [-0.2, 0) is 27.3 Å². The van der Waals surface area contributed by atoms with Crippen molar-refractivity contribution in [2.24, 2.45) is 0 Å². The van der Waals surface area contributed by atoms with E-state index >= 15 is 8.78 Å². The van der Waals surface area contributed by atoms with E-state index < -0.39 is 35.7 Å². The van der Waals surface area contributed by atoms with Gasteiger partial charge in [0.2, 0.25) is 5.91 Å². The number of rotatable bonds is 12. The predicted molar refractivity (Wildman–Crippen MR) is 159 cm³/mol. The van der Waals surface area contributed by atoms with Crippen molar-refractivity contribution in [1.82, 2.24) is 4.98 Å². The van der Waals surface area contributed by atoms with Gasteiger partial charge in [0, 0.05) is 36.5 Å². The van der Waals surface area contributed by atoms with E-state index in [1.54, 1.807) is 12.1 Å². The molecule has 2 heterocycles. The van der Waals surface area contributed by atoms with Gasteiger partial charge < -0.3 is 29.6 Å². The van der Waals surface area contributed by atoms with Crippen molar-refractivity contribution in [1.29, 1.82) is 0 Å². The quantitative estimate of drug-likeness (QED) is 0.165. The first-order valence-electron chi connectivity index (χ1n) is 13.7. The number of amides is 1. The highest BCUT2D eigenvalue weighted by molar-refractivity contribution is 6.30. The standard InChI is InChI=1S/C32H27ClF3N3O6/c1-42-32(41)19-10-27(36)31(28(11-19)38-16-24-7-9-43-24)39-30(40)12-18-2-4-22(15-25(18)34)45-23-6-8-37-21(14-23)17-44-29-5-3-20(33)13-26(29)35/h2-6,8,10-11,13-15,24,38H,7,9,12,16-17H2,1H3,(H,39,40). The molecule has 1 aliphatic rings. The van der Waals surface area contributed by atoms with E-state index in [0.717, 1.165) is 24.6 Å². The molecule has 0 bridgehead atoms. The molecule has 234 valence electrons. The van der Waals surface area contributed by atoms with Crippen LogP contribution in [0.5, 0.6) is 17.2 Å². The number of esters is 1. The number of hydrogen-bond donors (Lipinski definition) is 2. The number of halogens is 4. The summed E-state index contributed by atoms with van der Waals surface area (Å²) in [4.78, 5) is 29.0. The van der Waals surface area contributed by atoms with E-state index in [1.807, 2.05) is 0 Å². The molecule has 1 aromatic heterocycles. The Bertz CT molecular complexity index is 1720. The van der Waals surface area contributed by atoms with E-state index in [1.165, 1.54) is 43.6 Å². The normalized spacial score (nSPS) is 13.8. The van der Waals surface area contributed by atoms with E-state index in [-0.39, 0.29) is 51.7 Å². The molecule has 0 aliphatic carbocycles. The molecule has 1 atom stereocenters. The first-order valence-corrected chi connectivity index (χ1v) is 14.1. The average molecular weight is 642 g/mol. The number of anilines is 2. The van der Waals surface area contributed by atoms with Gasteiger partial charge >= 0.3 is 5.97 Å². The maximum absolute atomic E-state index is 15.0. The number of nitrogens with zero attached hydrogens (tertiary/aromatic N) is 1. The van der Waals surface area contributed by atoms with Gasteiger partial charge in [0.15, 0.2) is 11.6 Å². The SMILES string of the molecule is COC(=O)c1cc(F)c(NC(=O)Cc2ccc(Oc3ccnc(COc4ccc(Cl)cc4F)c3)cc2F)c(NCC2CCO2)c1. The minimum atomic E-state index is -0.868. The van der Waals surface area contributed by atoms with Crippen LogP contribution in [0.3, 0.4) is 0 Å². The molecule has 2 N–H and O–H groups in total. The first-order chi connectivity index (χ1) is 21.7. The number of carbonyl (C=O) groups is 2. The number of pyridine rings is 1. The second-order valence-electron chi connectivity index (χ2n) is 9.96. The lowest BCUT2D eigenvalue weighted by atomic mass is 10.1. The van der Waals surface area contributed by atoms with Crippen LogP contribution in [-0.4, -0.2) is 43.2 Å². The zero-order chi connectivity index (χ0) is 31.9. The van der Waals surface area contributed by atoms with E-state index in [9.17, 15) is 14.0 Å². The Morgan fingerprint density at radius 3 is 2.51 bits per heavy atom. The number of ether oxygens (including phenoxy) is 4. The van der Waals surface area contributed by atoms with Gasteiger partial charge in [-0.15, -0.1) is 0 Å². The van der Waals surface area contributed by atoms with Crippen LogP contribution in [0.2, 0.25) is 5.02 Å². The summed E-state index contributed by atoms with van der Waals surface area (Å²) in [6, 6.07) is 13.4. The molecule has 3 aromatic carbocycles. The molecule has 1 fully saturated rings. The predicted octanol–water partition coefficient (Wildman–Crippen LogP) is 6.69. The van der Waals surface area contributed by atoms with Gasteiger partial charge in [-0.25, -0.2) is 18.0 Å². The molecule has 9 nitrogen and oxygen atoms in total. The highest BCUT2D eigenvalue weighted by Gasteiger charge is 2.22. The van der Waals surface area contributed by atoms with Gasteiger partial charge in [-0.05, 0) is 54.4 Å². The van der Waals surface area contributed by atoms with Crippen LogP contribution in [0.15, 0.2) is 66.9 Å². The van der Waals surface area contributed by atoms with Crippen molar-refractivity contribution in [2.45, 2.75) is 25.6 Å². The summed E-state index contributed by atoms with van der Waals surface area (Å²) in [5, 5.41) is 5.71. The lowest BCUT2D eigenvalue weighted by Gasteiger charge is -2.27. The third-order valence-corrected chi connectivity index (χ3v) is 6.99. The maximum Gasteiger partial charge on any atom is 0.338 e. The van der Waals surface area contributed by atoms with Crippen molar-refractivity contribution >= 4 is 34.9 Å². The van der Waals surface area contributed by atoms with Gasteiger partial charge in [0.05, 0.1) is 36.6 Å². The van der Waals surface area contributed by atoms with E-state index in [2.05, 4.69) is 20.4 Å². The Labute approximate surface area is 261 Å². The van der Waals surface area contributed by atoms with Gasteiger partial charge in [-0.3, -0.25) is 9.78 Å². The minimum Gasteiger partial charge on any atom is -0.484 e. The third kappa shape index (κ3) is 8.22. The second kappa shape index (κ2) is 14.3. The van der Waals surface area contributed by atoms with Crippen LogP contribution < -0.4 is 20.1 Å². The topological polar surface area (TPSA) is 108 Å². The molecule has 0 saturated carbocycles. The number of methoxy groups -OCH3 is 1. The summed E-state index contributed by atoms with van der Waals surface area (Å²) in [7, 11) is 1.17. The summed E-state index contributed by atoms with van der Waals surface area (Å²) < 4.78 is 65.3. The summed E-state index contributed by atoms with van der Waals surface area (Å²) in [5.41, 5.74) is 0.387. The molecule has 1 amide bonds. The Kier molecular flexibility index (Phi) is 10.1. The van der Waals surface area contributed by atoms with Crippen LogP contribution in [0.25, 0.3) is 0 Å². The van der Waals surface area contributed by atoms with Gasteiger partial charge in [0.25, 0.3) is 0 Å². The monoisotopic (exact) mass is 641 g/mol. The molecular formula is C32H27ClF3N3O6. The highest BCUT2D eigenvalue weighted by atomic mass is 35.5. The van der Waals surface area contributed by atoms with Gasteiger partial charge in [0.1, 0.15) is 35.4 Å². The zero-order valence-electron chi connectivity index (χ0n) is 23.9. The fraction of sp³-hybridized carbons (Fsp3) is 0.219. The maximum atomic E-state index is 15.0. The third-order valence-electron chi connectivity index (χ3n) is 6.76. The summed E-state index contributed by atoms with van der Waals surface area (Å²) in [6.07, 6.45) is 1.78. The fourth-order valence-corrected chi connectivity index (χ4v) is 4.51. The highest BCUT2D eigenvalue weighted by Crippen LogP contribution is 2.30. The second-order valence-corrected chi connectivity index (χ2v) is 10.4. The Hall–Kier alpha value is -4.81. The van der Waals surface area contributed by atoms with Crippen molar-refractivity contribution in [2.75, 3.05) is 30.9 Å². The average Bonchev–Trinajstić information content (AvgIpc) is 2.98. The molecule has 1 aliphatic heterocycles. The van der Waals surface area contributed by atoms with Crippen LogP contribution in [0.4, 0.5) is 24.5 Å². The summed E-state index contributed by atoms with van der Waals surface area (Å²) >= 11 is 5.76. The van der Waals surface area contributed by atoms with E-state index in [4.69, 9.17) is 25.8 Å². The molecule has 0 spiro atoms. The molecule has 13 heteroatoms. The molecule has 0 radical (unpaired) electrons. The van der Waals surface area contributed by atoms with E-state index in [0.29, 0.717) is 24.6 Å². The van der Waals surface area contributed by atoms with Crippen molar-refractivity contribution in [3.05, 3.63) is 106 Å². The number of hydrogen-bond acceptors (Lipinski definition) is 8. The van der Waals surface area contributed by atoms with Crippen molar-refractivity contribution < 1.29 is 41.7 Å². The number of benzene rings is 3. The van der Waals surface area contributed by atoms with Gasteiger partial charge in [-0.2, -0.15) is 0 Å². The molecule has 4 aromatic rings. The van der Waals surface area contributed by atoms with Crippen molar-refractivity contribution in [3.8, 4) is 17.2 Å².